The minimum atomic E-state index is -4.52. The Labute approximate surface area is 174 Å². The van der Waals surface area contributed by atoms with E-state index in [-0.39, 0.29) is 4.90 Å². The van der Waals surface area contributed by atoms with Gasteiger partial charge in [0.05, 0.1) is 17.4 Å². The number of amides is 3. The number of benzene rings is 1. The Kier molecular flexibility index (Phi) is 4.58. The molecule has 2 atom stereocenters. The van der Waals surface area contributed by atoms with Gasteiger partial charge in [0.25, 0.3) is 0 Å². The first-order valence-corrected chi connectivity index (χ1v) is 8.98. The summed E-state index contributed by atoms with van der Waals surface area (Å²) < 4.78 is 98.8. The summed E-state index contributed by atoms with van der Waals surface area (Å²) in [5.74, 6) is -6.12. The maximum Gasteiger partial charge on any atom is 0.391 e. The van der Waals surface area contributed by atoms with E-state index in [2.05, 4.69) is 5.32 Å². The molecule has 0 bridgehead atoms. The highest BCUT2D eigenvalue weighted by Gasteiger charge is 2.51. The van der Waals surface area contributed by atoms with Gasteiger partial charge < -0.3 is 15.5 Å². The van der Waals surface area contributed by atoms with Crippen LogP contribution in [0.2, 0.25) is 5.02 Å². The van der Waals surface area contributed by atoms with E-state index < -0.39 is 90.1 Å². The molecule has 0 radical (unpaired) electrons. The Morgan fingerprint density at radius 2 is 2.03 bits per heavy atom. The van der Waals surface area contributed by atoms with Crippen LogP contribution in [0.1, 0.15) is 36.9 Å². The first-order valence-electron chi connectivity index (χ1n) is 10.6. The zero-order chi connectivity index (χ0) is 25.1. The summed E-state index contributed by atoms with van der Waals surface area (Å²) in [5, 5.41) is 3.10. The van der Waals surface area contributed by atoms with E-state index in [9.17, 15) is 31.5 Å². The van der Waals surface area contributed by atoms with Crippen LogP contribution >= 0.6 is 11.6 Å². The molecule has 0 spiro atoms. The molecule has 29 heavy (non-hydrogen) atoms. The zero-order valence-corrected chi connectivity index (χ0v) is 15.7. The third-order valence-electron chi connectivity index (χ3n) is 5.14. The smallest absolute Gasteiger partial charge is 0.353 e. The number of alkyl halides is 3. The van der Waals surface area contributed by atoms with Crippen LogP contribution in [0.4, 0.5) is 26.7 Å². The second kappa shape index (κ2) is 7.97. The highest BCUT2D eigenvalue weighted by molar-refractivity contribution is 6.31. The van der Waals surface area contributed by atoms with Crippen molar-refractivity contribution in [2.45, 2.75) is 38.0 Å². The minimum Gasteiger partial charge on any atom is -0.353 e. The summed E-state index contributed by atoms with van der Waals surface area (Å²) in [4.78, 5) is 25.3. The van der Waals surface area contributed by atoms with Crippen molar-refractivity contribution in [3.63, 3.8) is 0 Å². The number of halogens is 6. The Morgan fingerprint density at radius 3 is 2.66 bits per heavy atom. The molecule has 2 aliphatic rings. The van der Waals surface area contributed by atoms with Crippen LogP contribution in [0, 0.1) is 23.5 Å². The molecule has 1 saturated carbocycles. The lowest BCUT2D eigenvalue weighted by Gasteiger charge is -2.43. The average molecular weight is 444 g/mol. The van der Waals surface area contributed by atoms with Gasteiger partial charge in [0, 0.05) is 18.6 Å². The lowest BCUT2D eigenvalue weighted by molar-refractivity contribution is -0.206. The van der Waals surface area contributed by atoms with Gasteiger partial charge in [-0.2, -0.15) is 13.2 Å². The molecular formula is C18H19ClF5N3O2. The fraction of sp³-hybridized carbons (Fsp3) is 0.556. The predicted octanol–water partition coefficient (Wildman–Crippen LogP) is 3.78. The van der Waals surface area contributed by atoms with Gasteiger partial charge in [0.15, 0.2) is 0 Å². The van der Waals surface area contributed by atoms with Crippen molar-refractivity contribution < 1.29 is 37.0 Å². The van der Waals surface area contributed by atoms with Crippen LogP contribution < -0.4 is 10.6 Å². The molecule has 1 heterocycles. The highest BCUT2D eigenvalue weighted by atomic mass is 35.5. The first kappa shape index (κ1) is 16.7. The summed E-state index contributed by atoms with van der Waals surface area (Å²) in [5.41, 5.74) is -0.418. The third-order valence-corrected chi connectivity index (χ3v) is 5.48. The molecule has 2 N–H and O–H groups in total. The van der Waals surface area contributed by atoms with Crippen molar-refractivity contribution in [3.8, 4) is 0 Å². The molecule has 2 fully saturated rings. The summed E-state index contributed by atoms with van der Waals surface area (Å²) in [6.45, 7) is -4.94. The summed E-state index contributed by atoms with van der Waals surface area (Å²) in [7, 11) is 0. The average Bonchev–Trinajstić information content (AvgIpc) is 2.61. The van der Waals surface area contributed by atoms with Crippen molar-refractivity contribution in [3.05, 3.63) is 34.4 Å². The molecule has 0 aromatic heterocycles. The predicted molar refractivity (Wildman–Crippen MR) is 94.1 cm³/mol. The van der Waals surface area contributed by atoms with Gasteiger partial charge in [-0.25, -0.2) is 13.6 Å². The summed E-state index contributed by atoms with van der Waals surface area (Å²) in [6.07, 6.45) is -5.50. The van der Waals surface area contributed by atoms with Gasteiger partial charge in [-0.15, -0.1) is 0 Å². The van der Waals surface area contributed by atoms with Crippen LogP contribution in [-0.4, -0.2) is 42.1 Å². The summed E-state index contributed by atoms with van der Waals surface area (Å²) >= 11 is 5.59. The van der Waals surface area contributed by atoms with Crippen LogP contribution in [0.25, 0.3) is 0 Å². The molecule has 1 aromatic carbocycles. The molecule has 3 rings (SSSR count). The molecule has 1 aliphatic carbocycles. The van der Waals surface area contributed by atoms with E-state index in [0.717, 1.165) is 19.1 Å². The molecular weight excluding hydrogens is 421 g/mol. The fourth-order valence-corrected chi connectivity index (χ4v) is 3.50. The highest BCUT2D eigenvalue weighted by Crippen LogP contribution is 2.50. The topological polar surface area (TPSA) is 61.4 Å². The molecule has 3 amide bonds. The Morgan fingerprint density at radius 1 is 1.38 bits per heavy atom. The lowest BCUT2D eigenvalue weighted by Crippen LogP contribution is -2.59. The van der Waals surface area contributed by atoms with Crippen molar-refractivity contribution in [2.24, 2.45) is 11.8 Å². The van der Waals surface area contributed by atoms with Crippen LogP contribution in [0.15, 0.2) is 12.1 Å². The zero-order valence-electron chi connectivity index (χ0n) is 18.9. The second-order valence-electron chi connectivity index (χ2n) is 6.93. The number of hydrogen-bond acceptors (Lipinski definition) is 2. The van der Waals surface area contributed by atoms with E-state index in [1.807, 2.05) is 5.32 Å². The van der Waals surface area contributed by atoms with Crippen LogP contribution in [-0.2, 0) is 4.79 Å². The summed E-state index contributed by atoms with van der Waals surface area (Å²) in [6, 6.07) is -2.66. The van der Waals surface area contributed by atoms with Crippen LogP contribution in [0.3, 0.4) is 0 Å². The number of hydrogen-bond donors (Lipinski definition) is 2. The second-order valence-corrected chi connectivity index (χ2v) is 7.31. The number of piperazine rings is 1. The van der Waals surface area contributed by atoms with Gasteiger partial charge in [0.1, 0.15) is 22.7 Å². The number of rotatable bonds is 3. The van der Waals surface area contributed by atoms with E-state index >= 15 is 0 Å². The number of nitrogens with one attached hydrogen (secondary N) is 2. The third kappa shape index (κ3) is 4.26. The molecule has 0 unspecified atom stereocenters. The van der Waals surface area contributed by atoms with Crippen molar-refractivity contribution in [1.82, 2.24) is 15.5 Å². The molecule has 11 heteroatoms. The van der Waals surface area contributed by atoms with E-state index in [4.69, 9.17) is 17.1 Å². The molecule has 5 nitrogen and oxygen atoms in total. The number of carbonyl (C=O) groups excluding carboxylic acids is 2. The number of urea groups is 1. The maximum absolute atomic E-state index is 14.7. The van der Waals surface area contributed by atoms with Gasteiger partial charge in [-0.1, -0.05) is 17.7 Å². The molecule has 1 aromatic rings. The van der Waals surface area contributed by atoms with Gasteiger partial charge in [-0.05, 0) is 31.7 Å². The lowest BCUT2D eigenvalue weighted by atomic mass is 9.69. The fourth-order valence-electron chi connectivity index (χ4n) is 3.33. The van der Waals surface area contributed by atoms with Crippen molar-refractivity contribution in [1.29, 1.82) is 0 Å². The quantitative estimate of drug-likeness (QED) is 0.552. The van der Waals surface area contributed by atoms with Crippen molar-refractivity contribution in [2.75, 3.05) is 13.0 Å². The Bertz CT molecular complexity index is 975. The van der Waals surface area contributed by atoms with Gasteiger partial charge >= 0.3 is 12.2 Å². The minimum absolute atomic E-state index is 0.266. The van der Waals surface area contributed by atoms with Gasteiger partial charge in [0.2, 0.25) is 5.91 Å². The normalized spacial score (nSPS) is 31.3. The Hall–Kier alpha value is -2.10. The molecule has 1 aliphatic heterocycles. The van der Waals surface area contributed by atoms with E-state index in [1.165, 1.54) is 0 Å². The van der Waals surface area contributed by atoms with Crippen molar-refractivity contribution >= 4 is 23.5 Å². The van der Waals surface area contributed by atoms with E-state index in [0.29, 0.717) is 0 Å². The number of carbonyl (C=O) groups is 2. The SMILES string of the molecule is [2H]C1([2H])NC(=O)[C@H](C)N(C(=O)N[C@H](c2ccc(F)c(Cl)c2F)C2CC(C(F)(F)F)C2)C1([2H])[2H]. The maximum atomic E-state index is 14.7. The van der Waals surface area contributed by atoms with Crippen LogP contribution in [0.5, 0.6) is 0 Å². The largest absolute Gasteiger partial charge is 0.391 e. The standard InChI is InChI=1S/C18H19ClF5N3O2/c1-8-16(28)25-4-5-27(8)17(29)26-15(9-6-10(7-9)18(22,23)24)11-2-3-12(20)13(19)14(11)21/h2-3,8-10,15H,4-7H2,1H3,(H,25,28)(H,26,29)/t8-,9?,10?,15-/m0/s1/i4D2,5D2. The first-order chi connectivity index (χ1) is 15.0. The van der Waals surface area contributed by atoms with E-state index in [1.54, 1.807) is 0 Å². The van der Waals surface area contributed by atoms with Gasteiger partial charge in [-0.3, -0.25) is 4.79 Å². The molecule has 160 valence electrons. The Balaban J connectivity index is 1.96. The number of nitrogens with zero attached hydrogens (tertiary/aromatic N) is 1. The molecule has 1 saturated heterocycles. The monoisotopic (exact) mass is 443 g/mol.